The number of nitrogen functional groups attached to an aromatic ring is 1. The van der Waals surface area contributed by atoms with Crippen LogP contribution in [0.1, 0.15) is 25.3 Å². The van der Waals surface area contributed by atoms with Crippen LogP contribution in [0, 0.1) is 0 Å². The molecule has 1 aromatic rings. The molecule has 3 nitrogen and oxygen atoms in total. The fourth-order valence-corrected chi connectivity index (χ4v) is 2.64. The zero-order valence-corrected chi connectivity index (χ0v) is 11.9. The Labute approximate surface area is 118 Å². The molecule has 0 aromatic heterocycles. The summed E-state index contributed by atoms with van der Waals surface area (Å²) < 4.78 is 5.52. The molecule has 0 aliphatic heterocycles. The number of anilines is 1. The van der Waals surface area contributed by atoms with Crippen LogP contribution in [0.3, 0.4) is 0 Å². The van der Waals surface area contributed by atoms with Crippen LogP contribution in [0.2, 0.25) is 10.0 Å². The Morgan fingerprint density at radius 3 is 2.50 bits per heavy atom. The van der Waals surface area contributed by atoms with Crippen molar-refractivity contribution in [3.8, 4) is 0 Å². The average molecular weight is 289 g/mol. The summed E-state index contributed by atoms with van der Waals surface area (Å²) in [7, 11) is 0. The fourth-order valence-electron chi connectivity index (χ4n) is 2.11. The van der Waals surface area contributed by atoms with Crippen molar-refractivity contribution in [3.63, 3.8) is 0 Å². The summed E-state index contributed by atoms with van der Waals surface area (Å²) in [5.41, 5.74) is 7.20. The van der Waals surface area contributed by atoms with E-state index in [9.17, 15) is 0 Å². The van der Waals surface area contributed by atoms with E-state index in [1.807, 2.05) is 19.1 Å². The van der Waals surface area contributed by atoms with Crippen molar-refractivity contribution in [2.24, 2.45) is 0 Å². The lowest BCUT2D eigenvalue weighted by Crippen LogP contribution is -2.45. The lowest BCUT2D eigenvalue weighted by molar-refractivity contribution is -0.0102. The van der Waals surface area contributed by atoms with Gasteiger partial charge in [-0.1, -0.05) is 23.2 Å². The van der Waals surface area contributed by atoms with Gasteiger partial charge in [0, 0.05) is 19.2 Å². The zero-order chi connectivity index (χ0) is 13.1. The molecule has 100 valence electrons. The van der Waals surface area contributed by atoms with E-state index in [0.29, 0.717) is 27.9 Å². The maximum atomic E-state index is 5.99. The normalized spacial score (nSPS) is 22.8. The molecular formula is C13H18Cl2N2O. The molecule has 0 radical (unpaired) electrons. The van der Waals surface area contributed by atoms with Crippen molar-refractivity contribution >= 4 is 28.9 Å². The number of nitrogens with one attached hydrogen (secondary N) is 1. The maximum absolute atomic E-state index is 5.99. The highest BCUT2D eigenvalue weighted by Crippen LogP contribution is 2.29. The first-order valence-corrected chi connectivity index (χ1v) is 6.94. The SMILES string of the molecule is CCOC1CC(NCc2cc(Cl)c(N)c(Cl)c2)C1. The fraction of sp³-hybridized carbons (Fsp3) is 0.538. The van der Waals surface area contributed by atoms with Crippen molar-refractivity contribution in [2.45, 2.75) is 38.5 Å². The third-order valence-corrected chi connectivity index (χ3v) is 3.86. The highest BCUT2D eigenvalue weighted by atomic mass is 35.5. The van der Waals surface area contributed by atoms with E-state index in [1.165, 1.54) is 0 Å². The number of benzene rings is 1. The van der Waals surface area contributed by atoms with Crippen molar-refractivity contribution in [3.05, 3.63) is 27.7 Å². The van der Waals surface area contributed by atoms with Gasteiger partial charge in [-0.2, -0.15) is 0 Å². The Hall–Kier alpha value is -0.480. The lowest BCUT2D eigenvalue weighted by Gasteiger charge is -2.35. The average Bonchev–Trinajstić information content (AvgIpc) is 2.28. The van der Waals surface area contributed by atoms with Crippen LogP contribution in [0.25, 0.3) is 0 Å². The second kappa shape index (κ2) is 6.11. The molecular weight excluding hydrogens is 271 g/mol. The quantitative estimate of drug-likeness (QED) is 0.818. The summed E-state index contributed by atoms with van der Waals surface area (Å²) in [6, 6.07) is 4.24. The summed E-state index contributed by atoms with van der Waals surface area (Å²) in [5.74, 6) is 0. The summed E-state index contributed by atoms with van der Waals surface area (Å²) >= 11 is 12.0. The van der Waals surface area contributed by atoms with Crippen LogP contribution >= 0.6 is 23.2 Å². The molecule has 0 saturated heterocycles. The summed E-state index contributed by atoms with van der Waals surface area (Å²) in [5, 5.41) is 4.49. The summed E-state index contributed by atoms with van der Waals surface area (Å²) in [6.45, 7) is 3.57. The van der Waals surface area contributed by atoms with Gasteiger partial charge in [-0.15, -0.1) is 0 Å². The molecule has 1 aromatic carbocycles. The second-order valence-corrected chi connectivity index (χ2v) is 5.41. The molecule has 1 fully saturated rings. The molecule has 18 heavy (non-hydrogen) atoms. The van der Waals surface area contributed by atoms with Crippen LogP contribution < -0.4 is 11.1 Å². The molecule has 0 unspecified atom stereocenters. The third-order valence-electron chi connectivity index (χ3n) is 3.23. The van der Waals surface area contributed by atoms with Crippen molar-refractivity contribution in [2.75, 3.05) is 12.3 Å². The van der Waals surface area contributed by atoms with Gasteiger partial charge in [-0.05, 0) is 37.5 Å². The van der Waals surface area contributed by atoms with Gasteiger partial charge >= 0.3 is 0 Å². The highest BCUT2D eigenvalue weighted by Gasteiger charge is 2.28. The van der Waals surface area contributed by atoms with Crippen LogP contribution in [-0.4, -0.2) is 18.8 Å². The number of nitrogens with two attached hydrogens (primary N) is 1. The zero-order valence-electron chi connectivity index (χ0n) is 10.4. The van der Waals surface area contributed by atoms with E-state index in [1.54, 1.807) is 0 Å². The van der Waals surface area contributed by atoms with Crippen LogP contribution in [0.4, 0.5) is 5.69 Å². The molecule has 0 amide bonds. The first-order chi connectivity index (χ1) is 8.60. The number of hydrogen-bond donors (Lipinski definition) is 2. The van der Waals surface area contributed by atoms with Gasteiger partial charge in [0.15, 0.2) is 0 Å². The number of halogens is 2. The van der Waals surface area contributed by atoms with Crippen LogP contribution in [-0.2, 0) is 11.3 Å². The van der Waals surface area contributed by atoms with Gasteiger partial charge in [0.05, 0.1) is 21.8 Å². The van der Waals surface area contributed by atoms with Crippen LogP contribution in [0.5, 0.6) is 0 Å². The molecule has 1 aliphatic carbocycles. The topological polar surface area (TPSA) is 47.3 Å². The standard InChI is InChI=1S/C13H18Cl2N2O/c1-2-18-10-5-9(6-10)17-7-8-3-11(14)13(16)12(15)4-8/h3-4,9-10,17H,2,5-7,16H2,1H3. The minimum absolute atomic E-state index is 0.422. The Bertz CT molecular complexity index is 396. The number of ether oxygens (including phenoxy) is 1. The van der Waals surface area contributed by atoms with E-state index in [2.05, 4.69) is 5.32 Å². The molecule has 0 atom stereocenters. The molecule has 1 saturated carbocycles. The van der Waals surface area contributed by atoms with E-state index in [0.717, 1.165) is 31.6 Å². The smallest absolute Gasteiger partial charge is 0.0693 e. The molecule has 0 bridgehead atoms. The molecule has 1 aliphatic rings. The van der Waals surface area contributed by atoms with Crippen LogP contribution in [0.15, 0.2) is 12.1 Å². The predicted molar refractivity (Wildman–Crippen MR) is 76.2 cm³/mol. The van der Waals surface area contributed by atoms with Crippen molar-refractivity contribution in [1.82, 2.24) is 5.32 Å². The molecule has 0 heterocycles. The van der Waals surface area contributed by atoms with Gasteiger partial charge in [0.25, 0.3) is 0 Å². The monoisotopic (exact) mass is 288 g/mol. The molecule has 3 N–H and O–H groups in total. The minimum atomic E-state index is 0.422. The minimum Gasteiger partial charge on any atom is -0.396 e. The van der Waals surface area contributed by atoms with E-state index < -0.39 is 0 Å². The Morgan fingerprint density at radius 2 is 1.94 bits per heavy atom. The summed E-state index contributed by atoms with van der Waals surface area (Å²) in [6.07, 6.45) is 2.57. The Balaban J connectivity index is 1.81. The number of rotatable bonds is 5. The number of hydrogen-bond acceptors (Lipinski definition) is 3. The van der Waals surface area contributed by atoms with Crippen molar-refractivity contribution in [1.29, 1.82) is 0 Å². The summed E-state index contributed by atoms with van der Waals surface area (Å²) in [4.78, 5) is 0. The highest BCUT2D eigenvalue weighted by molar-refractivity contribution is 6.38. The van der Waals surface area contributed by atoms with Gasteiger partial charge in [0.2, 0.25) is 0 Å². The van der Waals surface area contributed by atoms with E-state index >= 15 is 0 Å². The second-order valence-electron chi connectivity index (χ2n) is 4.60. The predicted octanol–water partition coefficient (Wildman–Crippen LogP) is 3.23. The molecule has 2 rings (SSSR count). The molecule has 0 spiro atoms. The maximum Gasteiger partial charge on any atom is 0.0693 e. The van der Waals surface area contributed by atoms with Gasteiger partial charge < -0.3 is 15.8 Å². The lowest BCUT2D eigenvalue weighted by atomic mass is 9.89. The Morgan fingerprint density at radius 1 is 1.33 bits per heavy atom. The molecule has 5 heteroatoms. The largest absolute Gasteiger partial charge is 0.396 e. The van der Waals surface area contributed by atoms with Gasteiger partial charge in [-0.3, -0.25) is 0 Å². The first kappa shape index (κ1) is 13.9. The van der Waals surface area contributed by atoms with E-state index in [-0.39, 0.29) is 0 Å². The van der Waals surface area contributed by atoms with Gasteiger partial charge in [-0.25, -0.2) is 0 Å². The first-order valence-electron chi connectivity index (χ1n) is 6.18. The van der Waals surface area contributed by atoms with Gasteiger partial charge in [0.1, 0.15) is 0 Å². The Kier molecular flexibility index (Phi) is 4.73. The third kappa shape index (κ3) is 3.29. The van der Waals surface area contributed by atoms with E-state index in [4.69, 9.17) is 33.7 Å². The van der Waals surface area contributed by atoms with Crippen molar-refractivity contribution < 1.29 is 4.74 Å².